The third-order valence-electron chi connectivity index (χ3n) is 2.83. The molecule has 0 aliphatic rings. The Balaban J connectivity index is 2.33. The number of aromatic nitrogens is 3. The maximum absolute atomic E-state index is 11.1. The third-order valence-corrected chi connectivity index (χ3v) is 2.83. The van der Waals surface area contributed by atoms with Crippen LogP contribution in [0.5, 0.6) is 0 Å². The summed E-state index contributed by atoms with van der Waals surface area (Å²) in [6.45, 7) is 2.63. The predicted molar refractivity (Wildman–Crippen MR) is 75.1 cm³/mol. The maximum atomic E-state index is 11.1. The van der Waals surface area contributed by atoms with Crippen molar-refractivity contribution in [3.05, 3.63) is 46.5 Å². The summed E-state index contributed by atoms with van der Waals surface area (Å²) in [6, 6.07) is 4.99. The van der Waals surface area contributed by atoms with Gasteiger partial charge in [-0.2, -0.15) is 5.10 Å². The molecule has 0 spiro atoms. The van der Waals surface area contributed by atoms with E-state index in [0.717, 1.165) is 0 Å². The van der Waals surface area contributed by atoms with E-state index >= 15 is 0 Å². The van der Waals surface area contributed by atoms with Crippen LogP contribution in [0, 0.1) is 10.1 Å². The predicted octanol–water partition coefficient (Wildman–Crippen LogP) is 1.52. The fraction of sp³-hybridized carbons (Fsp3) is 0.250. The molecule has 1 aromatic carbocycles. The molecule has 2 rings (SSSR count). The molecule has 0 aliphatic carbocycles. The number of nitrogens with zero attached hydrogens (tertiary/aromatic N) is 6. The molecule has 0 aliphatic heterocycles. The highest BCUT2D eigenvalue weighted by Gasteiger charge is 2.16. The first-order valence-corrected chi connectivity index (χ1v) is 6.00. The molecular weight excluding hydrogens is 260 g/mol. The van der Waals surface area contributed by atoms with Crippen LogP contribution in [0.25, 0.3) is 0 Å². The zero-order valence-electron chi connectivity index (χ0n) is 11.2. The Bertz CT molecular complexity index is 623. The van der Waals surface area contributed by atoms with E-state index in [2.05, 4.69) is 15.3 Å². The van der Waals surface area contributed by atoms with Crippen LogP contribution in [0.3, 0.4) is 0 Å². The van der Waals surface area contributed by atoms with Crippen LogP contribution in [0.15, 0.2) is 36.0 Å². The van der Waals surface area contributed by atoms with Gasteiger partial charge in [-0.3, -0.25) is 10.1 Å². The number of hydrogen-bond donors (Lipinski definition) is 0. The molecule has 2 aromatic rings. The first kappa shape index (κ1) is 13.7. The molecule has 0 radical (unpaired) electrons. The second kappa shape index (κ2) is 5.91. The zero-order valence-corrected chi connectivity index (χ0v) is 11.2. The van der Waals surface area contributed by atoms with Gasteiger partial charge in [-0.1, -0.05) is 6.07 Å². The van der Waals surface area contributed by atoms with Gasteiger partial charge in [0.25, 0.3) is 5.69 Å². The molecule has 0 unspecified atom stereocenters. The highest BCUT2D eigenvalue weighted by molar-refractivity contribution is 5.83. The van der Waals surface area contributed by atoms with Crippen molar-refractivity contribution in [2.45, 2.75) is 6.92 Å². The van der Waals surface area contributed by atoms with Crippen molar-refractivity contribution < 1.29 is 4.92 Å². The summed E-state index contributed by atoms with van der Waals surface area (Å²) in [7, 11) is 1.81. The molecule has 0 atom stereocenters. The maximum Gasteiger partial charge on any atom is 0.293 e. The Hall–Kier alpha value is -2.77. The van der Waals surface area contributed by atoms with Gasteiger partial charge in [-0.25, -0.2) is 4.68 Å². The van der Waals surface area contributed by atoms with Gasteiger partial charge in [0, 0.05) is 25.2 Å². The van der Waals surface area contributed by atoms with Crippen LogP contribution in [-0.4, -0.2) is 39.6 Å². The molecule has 1 aromatic heterocycles. The van der Waals surface area contributed by atoms with Gasteiger partial charge in [-0.05, 0) is 13.0 Å². The molecule has 104 valence electrons. The minimum atomic E-state index is -0.391. The van der Waals surface area contributed by atoms with Gasteiger partial charge in [0.1, 0.15) is 18.3 Å². The van der Waals surface area contributed by atoms with E-state index in [1.807, 2.05) is 18.9 Å². The van der Waals surface area contributed by atoms with Crippen molar-refractivity contribution in [2.24, 2.45) is 5.10 Å². The largest absolute Gasteiger partial charge is 0.369 e. The van der Waals surface area contributed by atoms with Gasteiger partial charge in [0.2, 0.25) is 0 Å². The molecule has 0 bridgehead atoms. The summed E-state index contributed by atoms with van der Waals surface area (Å²) in [5, 5.41) is 22.4. The van der Waals surface area contributed by atoms with Crippen LogP contribution in [0.2, 0.25) is 0 Å². The monoisotopic (exact) mass is 274 g/mol. The van der Waals surface area contributed by atoms with Crippen molar-refractivity contribution in [1.29, 1.82) is 0 Å². The Morgan fingerprint density at radius 2 is 2.15 bits per heavy atom. The van der Waals surface area contributed by atoms with Gasteiger partial charge in [-0.15, -0.1) is 10.2 Å². The minimum Gasteiger partial charge on any atom is -0.369 e. The number of nitro benzene ring substituents is 1. The van der Waals surface area contributed by atoms with Crippen molar-refractivity contribution in [3.8, 4) is 0 Å². The summed E-state index contributed by atoms with van der Waals surface area (Å²) >= 11 is 0. The summed E-state index contributed by atoms with van der Waals surface area (Å²) in [5.74, 6) is 0. The van der Waals surface area contributed by atoms with E-state index in [9.17, 15) is 10.1 Å². The lowest BCUT2D eigenvalue weighted by Crippen LogP contribution is -2.17. The van der Waals surface area contributed by atoms with Crippen LogP contribution >= 0.6 is 0 Å². The van der Waals surface area contributed by atoms with Crippen LogP contribution < -0.4 is 4.90 Å². The van der Waals surface area contributed by atoms with Gasteiger partial charge in [0.15, 0.2) is 0 Å². The second-order valence-corrected chi connectivity index (χ2v) is 4.11. The number of rotatable bonds is 5. The quantitative estimate of drug-likeness (QED) is 0.468. The van der Waals surface area contributed by atoms with Gasteiger partial charge < -0.3 is 4.90 Å². The Kier molecular flexibility index (Phi) is 4.04. The van der Waals surface area contributed by atoms with E-state index in [1.165, 1.54) is 29.6 Å². The molecule has 8 nitrogen and oxygen atoms in total. The Morgan fingerprint density at radius 3 is 2.75 bits per heavy atom. The fourth-order valence-corrected chi connectivity index (χ4v) is 1.65. The lowest BCUT2D eigenvalue weighted by molar-refractivity contribution is -0.384. The Morgan fingerprint density at radius 1 is 1.45 bits per heavy atom. The summed E-state index contributed by atoms with van der Waals surface area (Å²) in [6.07, 6.45) is 4.39. The van der Waals surface area contributed by atoms with Crippen molar-refractivity contribution in [3.63, 3.8) is 0 Å². The summed E-state index contributed by atoms with van der Waals surface area (Å²) < 4.78 is 1.41. The number of benzene rings is 1. The zero-order chi connectivity index (χ0) is 14.5. The average molecular weight is 274 g/mol. The van der Waals surface area contributed by atoms with Crippen LogP contribution in [-0.2, 0) is 0 Å². The number of hydrogen-bond acceptors (Lipinski definition) is 6. The molecule has 0 saturated carbocycles. The normalized spacial score (nSPS) is 10.9. The van der Waals surface area contributed by atoms with Gasteiger partial charge >= 0.3 is 0 Å². The fourth-order valence-electron chi connectivity index (χ4n) is 1.65. The minimum absolute atomic E-state index is 0.0575. The molecule has 0 saturated heterocycles. The topological polar surface area (TPSA) is 89.5 Å². The lowest BCUT2D eigenvalue weighted by atomic mass is 10.1. The molecule has 0 N–H and O–H groups in total. The highest BCUT2D eigenvalue weighted by atomic mass is 16.6. The third kappa shape index (κ3) is 2.97. The van der Waals surface area contributed by atoms with Crippen molar-refractivity contribution in [2.75, 3.05) is 18.5 Å². The van der Waals surface area contributed by atoms with Gasteiger partial charge in [0.05, 0.1) is 11.1 Å². The second-order valence-electron chi connectivity index (χ2n) is 4.11. The molecule has 1 heterocycles. The Labute approximate surface area is 115 Å². The molecule has 0 amide bonds. The first-order valence-electron chi connectivity index (χ1n) is 6.00. The van der Waals surface area contributed by atoms with Crippen LogP contribution in [0.4, 0.5) is 11.4 Å². The number of anilines is 1. The lowest BCUT2D eigenvalue weighted by Gasteiger charge is -2.16. The van der Waals surface area contributed by atoms with E-state index in [4.69, 9.17) is 0 Å². The SMILES string of the molecule is CCN(C)c1ccc(C=Nn2cnnc2)cc1[N+](=O)[O-]. The smallest absolute Gasteiger partial charge is 0.293 e. The molecule has 0 fully saturated rings. The van der Waals surface area contributed by atoms with E-state index in [-0.39, 0.29) is 5.69 Å². The van der Waals surface area contributed by atoms with E-state index < -0.39 is 4.92 Å². The standard InChI is InChI=1S/C12H14N6O2/c1-3-16(2)11-5-4-10(6-12(11)18(19)20)7-15-17-8-13-14-9-17/h4-9H,3H2,1-2H3. The summed E-state index contributed by atoms with van der Waals surface area (Å²) in [4.78, 5) is 12.6. The average Bonchev–Trinajstić information content (AvgIpc) is 2.97. The highest BCUT2D eigenvalue weighted by Crippen LogP contribution is 2.27. The van der Waals surface area contributed by atoms with Crippen molar-refractivity contribution in [1.82, 2.24) is 14.9 Å². The molecular formula is C12H14N6O2. The molecule has 8 heteroatoms. The molecule has 20 heavy (non-hydrogen) atoms. The van der Waals surface area contributed by atoms with E-state index in [0.29, 0.717) is 17.8 Å². The summed E-state index contributed by atoms with van der Waals surface area (Å²) in [5.41, 5.74) is 1.28. The first-order chi connectivity index (χ1) is 9.61. The van der Waals surface area contributed by atoms with E-state index in [1.54, 1.807) is 12.1 Å². The van der Waals surface area contributed by atoms with Crippen LogP contribution in [0.1, 0.15) is 12.5 Å². The van der Waals surface area contributed by atoms with Crippen molar-refractivity contribution >= 4 is 17.6 Å². The number of nitro groups is 1.